The molecule has 0 aliphatic heterocycles. The summed E-state index contributed by atoms with van der Waals surface area (Å²) in [6, 6.07) is 5.05. The van der Waals surface area contributed by atoms with Gasteiger partial charge in [-0.1, -0.05) is 12.1 Å². The average Bonchev–Trinajstić information content (AvgIpc) is 2.47. The number of carboxylic acid groups (broad SMARTS) is 1. The summed E-state index contributed by atoms with van der Waals surface area (Å²) < 4.78 is 37.8. The molecule has 1 aliphatic carbocycles. The number of rotatable bonds is 4. The van der Waals surface area contributed by atoms with E-state index < -0.39 is 17.7 Å². The van der Waals surface area contributed by atoms with Gasteiger partial charge in [-0.05, 0) is 49.3 Å². The second kappa shape index (κ2) is 6.94. The number of aliphatic carboxylic acids is 1. The zero-order valence-electron chi connectivity index (χ0n) is 12.0. The Bertz CT molecular complexity index is 547. The Kier molecular flexibility index (Phi) is 5.21. The van der Waals surface area contributed by atoms with Crippen LogP contribution in [-0.2, 0) is 11.0 Å². The lowest BCUT2D eigenvalue weighted by molar-refractivity contribution is -0.143. The summed E-state index contributed by atoms with van der Waals surface area (Å²) in [5, 5.41) is 8.92. The molecular weight excluding hydrogens is 295 g/mol. The lowest BCUT2D eigenvalue weighted by Gasteiger charge is -2.24. The number of nitrogens with zero attached hydrogens (tertiary/aromatic N) is 1. The van der Waals surface area contributed by atoms with Gasteiger partial charge in [0.15, 0.2) is 0 Å². The number of carbonyl (C=O) groups is 1. The molecule has 1 aromatic rings. The predicted octanol–water partition coefficient (Wildman–Crippen LogP) is 4.02. The van der Waals surface area contributed by atoms with Gasteiger partial charge in [-0.3, -0.25) is 9.79 Å². The summed E-state index contributed by atoms with van der Waals surface area (Å²) in [5.74, 6) is -0.688. The smallest absolute Gasteiger partial charge is 0.416 e. The number of hydrogen-bond acceptors (Lipinski definition) is 2. The number of aliphatic imine (C=N–C) groups is 1. The maximum absolute atomic E-state index is 12.6. The SMILES string of the molecule is O=C(O)C1CCC(CN=Cc2cccc(C(F)(F)F)c2)CC1. The third kappa shape index (κ3) is 4.58. The molecule has 0 unspecified atom stereocenters. The lowest BCUT2D eigenvalue weighted by Crippen LogP contribution is -2.22. The van der Waals surface area contributed by atoms with E-state index in [0.717, 1.165) is 25.0 Å². The number of benzene rings is 1. The minimum Gasteiger partial charge on any atom is -0.481 e. The Labute approximate surface area is 126 Å². The van der Waals surface area contributed by atoms with Gasteiger partial charge < -0.3 is 5.11 Å². The molecule has 0 radical (unpaired) electrons. The first-order valence-corrected chi connectivity index (χ1v) is 7.26. The Morgan fingerprint density at radius 1 is 1.27 bits per heavy atom. The van der Waals surface area contributed by atoms with Gasteiger partial charge in [-0.2, -0.15) is 13.2 Å². The van der Waals surface area contributed by atoms with Gasteiger partial charge >= 0.3 is 12.1 Å². The van der Waals surface area contributed by atoms with Crippen LogP contribution in [0.15, 0.2) is 29.3 Å². The first-order valence-electron chi connectivity index (χ1n) is 7.26. The topological polar surface area (TPSA) is 49.7 Å². The summed E-state index contributed by atoms with van der Waals surface area (Å²) in [6.07, 6.45) is 0.0174. The molecule has 0 bridgehead atoms. The van der Waals surface area contributed by atoms with Crippen LogP contribution in [0, 0.1) is 11.8 Å². The van der Waals surface area contributed by atoms with E-state index in [1.165, 1.54) is 12.3 Å². The molecule has 1 N–H and O–H groups in total. The van der Waals surface area contributed by atoms with Gasteiger partial charge in [-0.25, -0.2) is 0 Å². The second-order valence-electron chi connectivity index (χ2n) is 5.67. The summed E-state index contributed by atoms with van der Waals surface area (Å²) in [5.41, 5.74) is -0.257. The van der Waals surface area contributed by atoms with Gasteiger partial charge in [0.25, 0.3) is 0 Å². The van der Waals surface area contributed by atoms with Crippen molar-refractivity contribution < 1.29 is 23.1 Å². The molecule has 0 aromatic heterocycles. The van der Waals surface area contributed by atoms with E-state index in [1.807, 2.05) is 0 Å². The first-order chi connectivity index (χ1) is 10.4. The Hall–Kier alpha value is -1.85. The molecule has 1 fully saturated rings. The summed E-state index contributed by atoms with van der Waals surface area (Å²) in [6.45, 7) is 0.530. The maximum atomic E-state index is 12.6. The molecule has 0 amide bonds. The zero-order chi connectivity index (χ0) is 16.2. The van der Waals surface area contributed by atoms with E-state index in [2.05, 4.69) is 4.99 Å². The average molecular weight is 313 g/mol. The van der Waals surface area contributed by atoms with Crippen molar-refractivity contribution >= 4 is 12.2 Å². The molecule has 0 heterocycles. The Balaban J connectivity index is 1.87. The van der Waals surface area contributed by atoms with E-state index in [9.17, 15) is 18.0 Å². The number of alkyl halides is 3. The van der Waals surface area contributed by atoms with E-state index in [4.69, 9.17) is 5.11 Å². The van der Waals surface area contributed by atoms with Crippen molar-refractivity contribution in [1.29, 1.82) is 0 Å². The van der Waals surface area contributed by atoms with Crippen LogP contribution in [0.25, 0.3) is 0 Å². The molecule has 1 aliphatic rings. The van der Waals surface area contributed by atoms with Crippen LogP contribution >= 0.6 is 0 Å². The number of carboxylic acids is 1. The van der Waals surface area contributed by atoms with Crippen molar-refractivity contribution in [2.75, 3.05) is 6.54 Å². The zero-order valence-corrected chi connectivity index (χ0v) is 12.0. The molecule has 0 spiro atoms. The number of halogens is 3. The summed E-state index contributed by atoms with van der Waals surface area (Å²) in [7, 11) is 0. The van der Waals surface area contributed by atoms with Crippen molar-refractivity contribution in [3.63, 3.8) is 0 Å². The van der Waals surface area contributed by atoms with Crippen LogP contribution in [0.5, 0.6) is 0 Å². The molecule has 0 atom stereocenters. The van der Waals surface area contributed by atoms with Gasteiger partial charge in [0, 0.05) is 12.8 Å². The fourth-order valence-corrected chi connectivity index (χ4v) is 2.69. The largest absolute Gasteiger partial charge is 0.481 e. The fourth-order valence-electron chi connectivity index (χ4n) is 2.69. The van der Waals surface area contributed by atoms with E-state index in [0.29, 0.717) is 30.9 Å². The third-order valence-electron chi connectivity index (χ3n) is 4.01. The fraction of sp³-hybridized carbons (Fsp3) is 0.500. The predicted molar refractivity (Wildman–Crippen MR) is 77.0 cm³/mol. The van der Waals surface area contributed by atoms with Crippen molar-refractivity contribution in [3.8, 4) is 0 Å². The van der Waals surface area contributed by atoms with Crippen LogP contribution in [0.2, 0.25) is 0 Å². The third-order valence-corrected chi connectivity index (χ3v) is 4.01. The first kappa shape index (κ1) is 16.5. The molecule has 2 rings (SSSR count). The lowest BCUT2D eigenvalue weighted by atomic mass is 9.82. The van der Waals surface area contributed by atoms with Crippen LogP contribution in [0.3, 0.4) is 0 Å². The Morgan fingerprint density at radius 3 is 2.55 bits per heavy atom. The monoisotopic (exact) mass is 313 g/mol. The van der Waals surface area contributed by atoms with Gasteiger partial charge in [0.2, 0.25) is 0 Å². The van der Waals surface area contributed by atoms with Gasteiger partial charge in [0.1, 0.15) is 0 Å². The normalized spacial score (nSPS) is 22.9. The minimum absolute atomic E-state index is 0.260. The van der Waals surface area contributed by atoms with E-state index in [1.54, 1.807) is 6.07 Å². The number of hydrogen-bond donors (Lipinski definition) is 1. The maximum Gasteiger partial charge on any atom is 0.416 e. The van der Waals surface area contributed by atoms with Crippen LogP contribution in [0.4, 0.5) is 13.2 Å². The minimum atomic E-state index is -4.35. The van der Waals surface area contributed by atoms with Crippen molar-refractivity contribution in [1.82, 2.24) is 0 Å². The molecule has 3 nitrogen and oxygen atoms in total. The summed E-state index contributed by atoms with van der Waals surface area (Å²) >= 11 is 0. The molecule has 1 saturated carbocycles. The second-order valence-corrected chi connectivity index (χ2v) is 5.67. The van der Waals surface area contributed by atoms with Crippen molar-refractivity contribution in [3.05, 3.63) is 35.4 Å². The molecule has 0 saturated heterocycles. The Morgan fingerprint density at radius 2 is 1.95 bits per heavy atom. The van der Waals surface area contributed by atoms with Crippen LogP contribution in [0.1, 0.15) is 36.8 Å². The van der Waals surface area contributed by atoms with Gasteiger partial charge in [-0.15, -0.1) is 0 Å². The molecule has 22 heavy (non-hydrogen) atoms. The highest BCUT2D eigenvalue weighted by Gasteiger charge is 2.30. The highest BCUT2D eigenvalue weighted by molar-refractivity contribution is 5.79. The van der Waals surface area contributed by atoms with Crippen LogP contribution < -0.4 is 0 Å². The molecular formula is C16H18F3NO2. The van der Waals surface area contributed by atoms with Crippen LogP contribution in [-0.4, -0.2) is 23.8 Å². The highest BCUT2D eigenvalue weighted by atomic mass is 19.4. The quantitative estimate of drug-likeness (QED) is 0.854. The molecule has 120 valence electrons. The van der Waals surface area contributed by atoms with Crippen molar-refractivity contribution in [2.24, 2.45) is 16.8 Å². The van der Waals surface area contributed by atoms with Crippen molar-refractivity contribution in [2.45, 2.75) is 31.9 Å². The standard InChI is InChI=1S/C16H18F3NO2/c17-16(18,19)14-3-1-2-12(8-14)10-20-9-11-4-6-13(7-5-11)15(21)22/h1-3,8,10-11,13H,4-7,9H2,(H,21,22). The van der Waals surface area contributed by atoms with E-state index >= 15 is 0 Å². The molecule has 6 heteroatoms. The summed E-state index contributed by atoms with van der Waals surface area (Å²) in [4.78, 5) is 15.1. The van der Waals surface area contributed by atoms with E-state index in [-0.39, 0.29) is 5.92 Å². The highest BCUT2D eigenvalue weighted by Crippen LogP contribution is 2.30. The van der Waals surface area contributed by atoms with Gasteiger partial charge in [0.05, 0.1) is 11.5 Å². The molecule has 1 aromatic carbocycles.